The van der Waals surface area contributed by atoms with Crippen molar-refractivity contribution < 1.29 is 14.1 Å². The molecule has 21 heavy (non-hydrogen) atoms. The molecule has 0 saturated heterocycles. The summed E-state index contributed by atoms with van der Waals surface area (Å²) in [7, 11) is 0. The molecule has 1 aromatic heterocycles. The van der Waals surface area contributed by atoms with Gasteiger partial charge < -0.3 is 10.2 Å². The molecule has 2 aromatic rings. The lowest BCUT2D eigenvalue weighted by Crippen LogP contribution is -2.09. The van der Waals surface area contributed by atoms with Gasteiger partial charge in [-0.1, -0.05) is 11.8 Å². The van der Waals surface area contributed by atoms with Crippen molar-refractivity contribution in [1.29, 1.82) is 0 Å². The Kier molecular flexibility index (Phi) is 4.50. The first kappa shape index (κ1) is 14.9. The van der Waals surface area contributed by atoms with Crippen LogP contribution in [0.4, 0.5) is 15.9 Å². The lowest BCUT2D eigenvalue weighted by atomic mass is 10.3. The number of nitrogen functional groups attached to an aromatic ring is 1. The number of aromatic nitrogens is 2. The number of anilines is 1. The molecular formula is C11H10FN5O3S. The number of nitrogens with two attached hydrogens (primary N) is 1. The van der Waals surface area contributed by atoms with Crippen LogP contribution in [0.15, 0.2) is 29.4 Å². The van der Waals surface area contributed by atoms with Gasteiger partial charge in [-0.05, 0) is 12.3 Å². The monoisotopic (exact) mass is 311 g/mol. The molecule has 0 saturated carbocycles. The first-order valence-electron chi connectivity index (χ1n) is 5.55. The Morgan fingerprint density at radius 3 is 2.81 bits per heavy atom. The van der Waals surface area contributed by atoms with Crippen molar-refractivity contribution >= 4 is 23.3 Å². The Balaban J connectivity index is 2.42. The number of nitrogens with zero attached hydrogens (tertiary/aromatic N) is 3. The highest BCUT2D eigenvalue weighted by molar-refractivity contribution is 7.98. The highest BCUT2D eigenvalue weighted by Gasteiger charge is 2.18. The molecule has 1 aromatic carbocycles. The van der Waals surface area contributed by atoms with Crippen molar-refractivity contribution in [3.05, 3.63) is 40.2 Å². The largest absolute Gasteiger partial charge is 0.431 e. The molecule has 0 radical (unpaired) electrons. The van der Waals surface area contributed by atoms with E-state index in [9.17, 15) is 14.5 Å². The smallest absolute Gasteiger partial charge is 0.311 e. The fourth-order valence-electron chi connectivity index (χ4n) is 1.45. The Hall–Kier alpha value is -2.46. The number of hydrogen-bond donors (Lipinski definition) is 2. The Morgan fingerprint density at radius 1 is 1.43 bits per heavy atom. The van der Waals surface area contributed by atoms with E-state index in [2.05, 4.69) is 15.4 Å². The number of nitro groups is 1. The van der Waals surface area contributed by atoms with Gasteiger partial charge in [0.25, 0.3) is 0 Å². The van der Waals surface area contributed by atoms with Crippen molar-refractivity contribution in [2.75, 3.05) is 11.7 Å². The predicted molar refractivity (Wildman–Crippen MR) is 74.8 cm³/mol. The summed E-state index contributed by atoms with van der Waals surface area (Å²) in [5, 5.41) is 11.3. The van der Waals surface area contributed by atoms with Crippen molar-refractivity contribution in [3.63, 3.8) is 0 Å². The summed E-state index contributed by atoms with van der Waals surface area (Å²) in [5.41, 5.74) is 1.95. The number of hydrazine groups is 1. The molecule has 3 N–H and O–H groups in total. The SMILES string of the molecule is CSc1nc(NN)cc(Oc2cc(F)ccc2[N+](=O)[O-])n1. The van der Waals surface area contributed by atoms with Crippen LogP contribution in [0.5, 0.6) is 11.6 Å². The van der Waals surface area contributed by atoms with Crippen LogP contribution < -0.4 is 16.0 Å². The molecule has 0 unspecified atom stereocenters. The minimum absolute atomic E-state index is 0.0102. The van der Waals surface area contributed by atoms with Gasteiger partial charge in [-0.3, -0.25) is 10.1 Å². The lowest BCUT2D eigenvalue weighted by Gasteiger charge is -2.08. The maximum Gasteiger partial charge on any atom is 0.311 e. The normalized spacial score (nSPS) is 10.2. The fraction of sp³-hybridized carbons (Fsp3) is 0.0909. The number of ether oxygens (including phenoxy) is 1. The van der Waals surface area contributed by atoms with Crippen LogP contribution in [0.1, 0.15) is 0 Å². The molecule has 0 spiro atoms. The zero-order chi connectivity index (χ0) is 15.4. The Morgan fingerprint density at radius 2 is 2.19 bits per heavy atom. The minimum Gasteiger partial charge on any atom is -0.431 e. The third-order valence-electron chi connectivity index (χ3n) is 2.35. The molecule has 0 aliphatic carbocycles. The van der Waals surface area contributed by atoms with E-state index < -0.39 is 10.7 Å². The van der Waals surface area contributed by atoms with Crippen LogP contribution in [0, 0.1) is 15.9 Å². The lowest BCUT2D eigenvalue weighted by molar-refractivity contribution is -0.385. The van der Waals surface area contributed by atoms with Gasteiger partial charge in [-0.25, -0.2) is 15.2 Å². The van der Waals surface area contributed by atoms with E-state index in [-0.39, 0.29) is 23.1 Å². The summed E-state index contributed by atoms with van der Waals surface area (Å²) in [6.45, 7) is 0. The second-order valence-corrected chi connectivity index (χ2v) is 4.47. The van der Waals surface area contributed by atoms with E-state index in [0.717, 1.165) is 18.2 Å². The summed E-state index contributed by atoms with van der Waals surface area (Å²) in [4.78, 5) is 18.3. The van der Waals surface area contributed by atoms with E-state index in [1.807, 2.05) is 0 Å². The zero-order valence-electron chi connectivity index (χ0n) is 10.7. The van der Waals surface area contributed by atoms with Crippen LogP contribution in [-0.4, -0.2) is 21.1 Å². The summed E-state index contributed by atoms with van der Waals surface area (Å²) in [5.74, 6) is 4.63. The maximum atomic E-state index is 13.2. The summed E-state index contributed by atoms with van der Waals surface area (Å²) in [6, 6.07) is 4.25. The molecule has 110 valence electrons. The number of thioether (sulfide) groups is 1. The summed E-state index contributed by atoms with van der Waals surface area (Å²) < 4.78 is 18.5. The van der Waals surface area contributed by atoms with Gasteiger partial charge in [0, 0.05) is 18.2 Å². The molecule has 0 amide bonds. The summed E-state index contributed by atoms with van der Waals surface area (Å²) in [6.07, 6.45) is 1.74. The number of nitrogens with one attached hydrogen (secondary N) is 1. The van der Waals surface area contributed by atoms with Crippen molar-refractivity contribution in [1.82, 2.24) is 9.97 Å². The molecule has 0 aliphatic heterocycles. The Labute approximate surface area is 122 Å². The number of halogens is 1. The third kappa shape index (κ3) is 3.55. The van der Waals surface area contributed by atoms with E-state index in [4.69, 9.17) is 10.6 Å². The third-order valence-corrected chi connectivity index (χ3v) is 2.89. The first-order chi connectivity index (χ1) is 10.0. The van der Waals surface area contributed by atoms with Crippen LogP contribution in [0.2, 0.25) is 0 Å². The number of benzene rings is 1. The van der Waals surface area contributed by atoms with Crippen LogP contribution in [0.25, 0.3) is 0 Å². The van der Waals surface area contributed by atoms with Crippen molar-refractivity contribution in [2.45, 2.75) is 5.16 Å². The average molecular weight is 311 g/mol. The van der Waals surface area contributed by atoms with Crippen molar-refractivity contribution in [2.24, 2.45) is 5.84 Å². The molecule has 8 nitrogen and oxygen atoms in total. The van der Waals surface area contributed by atoms with E-state index in [1.165, 1.54) is 17.8 Å². The van der Waals surface area contributed by atoms with E-state index in [0.29, 0.717) is 5.16 Å². The average Bonchev–Trinajstić information content (AvgIpc) is 2.46. The second-order valence-electron chi connectivity index (χ2n) is 3.69. The van der Waals surface area contributed by atoms with Gasteiger partial charge in [0.05, 0.1) is 4.92 Å². The fourth-order valence-corrected chi connectivity index (χ4v) is 1.83. The van der Waals surface area contributed by atoms with Crippen LogP contribution in [0.3, 0.4) is 0 Å². The highest BCUT2D eigenvalue weighted by atomic mass is 32.2. The van der Waals surface area contributed by atoms with Gasteiger partial charge >= 0.3 is 5.69 Å². The van der Waals surface area contributed by atoms with E-state index in [1.54, 1.807) is 6.26 Å². The quantitative estimate of drug-likeness (QED) is 0.284. The summed E-state index contributed by atoms with van der Waals surface area (Å²) >= 11 is 1.23. The van der Waals surface area contributed by atoms with Gasteiger partial charge in [-0.2, -0.15) is 4.98 Å². The minimum atomic E-state index is -0.673. The number of hydrogen-bond acceptors (Lipinski definition) is 8. The molecule has 10 heteroatoms. The highest BCUT2D eigenvalue weighted by Crippen LogP contribution is 2.32. The van der Waals surface area contributed by atoms with E-state index >= 15 is 0 Å². The van der Waals surface area contributed by atoms with Crippen molar-refractivity contribution in [3.8, 4) is 11.6 Å². The number of rotatable bonds is 5. The molecule has 1 heterocycles. The van der Waals surface area contributed by atoms with Gasteiger partial charge in [0.2, 0.25) is 11.6 Å². The molecule has 2 rings (SSSR count). The Bertz CT molecular complexity index is 663. The zero-order valence-corrected chi connectivity index (χ0v) is 11.6. The van der Waals surface area contributed by atoms with Crippen LogP contribution >= 0.6 is 11.8 Å². The molecule has 0 atom stereocenters. The standard InChI is InChI=1S/C11H10FN5O3S/c1-21-11-14-9(16-13)5-10(15-11)20-8-4-6(12)2-3-7(8)17(18)19/h2-5H,13H2,1H3,(H,14,15,16). The van der Waals surface area contributed by atoms with Crippen LogP contribution in [-0.2, 0) is 0 Å². The van der Waals surface area contributed by atoms with Gasteiger partial charge in [-0.15, -0.1) is 0 Å². The maximum absolute atomic E-state index is 13.2. The second kappa shape index (κ2) is 6.33. The predicted octanol–water partition coefficient (Wildman–Crippen LogP) is 2.32. The molecule has 0 fully saturated rings. The van der Waals surface area contributed by atoms with Gasteiger partial charge in [0.1, 0.15) is 11.6 Å². The molecule has 0 bridgehead atoms. The number of nitro benzene ring substituents is 1. The molecule has 0 aliphatic rings. The van der Waals surface area contributed by atoms with Gasteiger partial charge in [0.15, 0.2) is 5.16 Å². The molecular weight excluding hydrogens is 301 g/mol. The first-order valence-corrected chi connectivity index (χ1v) is 6.77. The topological polar surface area (TPSA) is 116 Å².